The fraction of sp³-hybridized carbons (Fsp3) is 1.00. The standard InChI is InChI=1S/C10H18O/c1-9(2)7-4-5-10(9,3)8(11)6-7/h7-8,11H,4-6H2,1-3H3/t7-,8-,10+/m1/s1/i8D. The highest BCUT2D eigenvalue weighted by molar-refractivity contribution is 5.10. The number of aliphatic hydroxyl groups is 1. The Balaban J connectivity index is 2.47. The molecule has 1 nitrogen and oxygen atoms in total. The maximum Gasteiger partial charge on any atom is 0.0606 e. The van der Waals surface area contributed by atoms with Gasteiger partial charge in [-0.25, -0.2) is 0 Å². The van der Waals surface area contributed by atoms with Crippen LogP contribution in [0.25, 0.3) is 0 Å². The first-order valence-electron chi connectivity index (χ1n) is 5.04. The van der Waals surface area contributed by atoms with E-state index in [9.17, 15) is 5.11 Å². The number of fused-ring (bicyclic) bond motifs is 2. The summed E-state index contributed by atoms with van der Waals surface area (Å²) in [5.74, 6) is 0.560. The van der Waals surface area contributed by atoms with Gasteiger partial charge in [-0.05, 0) is 36.0 Å². The van der Waals surface area contributed by atoms with Crippen LogP contribution in [-0.4, -0.2) is 11.2 Å². The van der Waals surface area contributed by atoms with Crippen molar-refractivity contribution in [3.63, 3.8) is 0 Å². The van der Waals surface area contributed by atoms with Gasteiger partial charge in [0, 0.05) is 0 Å². The Morgan fingerprint density at radius 2 is 2.09 bits per heavy atom. The molecule has 3 atom stereocenters. The summed E-state index contributed by atoms with van der Waals surface area (Å²) in [7, 11) is 0. The highest BCUT2D eigenvalue weighted by Gasteiger charge is 2.60. The zero-order chi connectivity index (χ0) is 9.20. The Labute approximate surface area is 70.2 Å². The van der Waals surface area contributed by atoms with Crippen molar-refractivity contribution in [3.05, 3.63) is 0 Å². The van der Waals surface area contributed by atoms with E-state index < -0.39 is 6.08 Å². The Hall–Kier alpha value is -0.0400. The first-order chi connectivity index (χ1) is 5.31. The molecule has 0 saturated heterocycles. The smallest absolute Gasteiger partial charge is 0.0606 e. The van der Waals surface area contributed by atoms with Gasteiger partial charge in [-0.1, -0.05) is 20.8 Å². The molecule has 0 amide bonds. The average molecular weight is 155 g/mol. The van der Waals surface area contributed by atoms with Crippen molar-refractivity contribution >= 4 is 0 Å². The third-order valence-corrected chi connectivity index (χ3v) is 4.51. The van der Waals surface area contributed by atoms with Crippen molar-refractivity contribution in [2.24, 2.45) is 16.7 Å². The van der Waals surface area contributed by atoms with Crippen molar-refractivity contribution in [2.45, 2.75) is 46.1 Å². The van der Waals surface area contributed by atoms with E-state index in [1.165, 1.54) is 6.42 Å². The fourth-order valence-corrected chi connectivity index (χ4v) is 2.93. The topological polar surface area (TPSA) is 20.2 Å². The number of hydrogen-bond donors (Lipinski definition) is 1. The minimum absolute atomic E-state index is 0.156. The second kappa shape index (κ2) is 1.82. The van der Waals surface area contributed by atoms with Crippen molar-refractivity contribution in [1.82, 2.24) is 0 Å². The lowest BCUT2D eigenvalue weighted by atomic mass is 9.70. The van der Waals surface area contributed by atoms with Gasteiger partial charge in [0.2, 0.25) is 0 Å². The van der Waals surface area contributed by atoms with E-state index in [4.69, 9.17) is 1.37 Å². The first kappa shape index (κ1) is 6.47. The molecule has 1 heteroatoms. The summed E-state index contributed by atoms with van der Waals surface area (Å²) >= 11 is 0. The third-order valence-electron chi connectivity index (χ3n) is 4.51. The van der Waals surface area contributed by atoms with Gasteiger partial charge in [-0.2, -0.15) is 0 Å². The summed E-state index contributed by atoms with van der Waals surface area (Å²) in [6.45, 7) is 6.49. The predicted molar refractivity (Wildman–Crippen MR) is 45.2 cm³/mol. The molecule has 2 aliphatic rings. The van der Waals surface area contributed by atoms with Gasteiger partial charge in [-0.3, -0.25) is 0 Å². The summed E-state index contributed by atoms with van der Waals surface area (Å²) in [4.78, 5) is 0. The van der Waals surface area contributed by atoms with Crippen LogP contribution in [0.5, 0.6) is 0 Å². The minimum Gasteiger partial charge on any atom is -0.393 e. The molecular weight excluding hydrogens is 136 g/mol. The minimum atomic E-state index is -1.17. The van der Waals surface area contributed by atoms with Gasteiger partial charge >= 0.3 is 0 Å². The van der Waals surface area contributed by atoms with Gasteiger partial charge in [0.1, 0.15) is 0 Å². The molecule has 2 saturated carbocycles. The molecule has 2 rings (SSSR count). The maximum absolute atomic E-state index is 9.95. The van der Waals surface area contributed by atoms with Crippen LogP contribution in [-0.2, 0) is 0 Å². The van der Waals surface area contributed by atoms with E-state index in [1.54, 1.807) is 0 Å². The number of rotatable bonds is 0. The van der Waals surface area contributed by atoms with Gasteiger partial charge in [0.15, 0.2) is 0 Å². The molecule has 0 spiro atoms. The van der Waals surface area contributed by atoms with Crippen LogP contribution in [0.2, 0.25) is 0 Å². The average Bonchev–Trinajstić information content (AvgIpc) is 2.18. The molecular formula is C10H18O. The molecule has 0 unspecified atom stereocenters. The maximum atomic E-state index is 9.95. The molecule has 2 bridgehead atoms. The van der Waals surface area contributed by atoms with Crippen LogP contribution in [0, 0.1) is 16.7 Å². The summed E-state index contributed by atoms with van der Waals surface area (Å²) in [5.41, 5.74) is -0.0197. The quantitative estimate of drug-likeness (QED) is 0.568. The van der Waals surface area contributed by atoms with E-state index in [1.807, 2.05) is 0 Å². The van der Waals surface area contributed by atoms with E-state index in [0.29, 0.717) is 12.3 Å². The van der Waals surface area contributed by atoms with Crippen LogP contribution in [0.3, 0.4) is 0 Å². The van der Waals surface area contributed by atoms with E-state index >= 15 is 0 Å². The SMILES string of the molecule is [2H][C@@]1(O)C[C@H]2CC[C@]1(C)C2(C)C. The molecule has 0 aliphatic heterocycles. The molecule has 1 N–H and O–H groups in total. The molecule has 0 heterocycles. The van der Waals surface area contributed by atoms with E-state index in [-0.39, 0.29) is 10.8 Å². The highest BCUT2D eigenvalue weighted by Crippen LogP contribution is 2.65. The first-order valence-corrected chi connectivity index (χ1v) is 4.54. The van der Waals surface area contributed by atoms with E-state index in [2.05, 4.69) is 20.8 Å². The largest absolute Gasteiger partial charge is 0.393 e. The molecule has 11 heavy (non-hydrogen) atoms. The molecule has 2 fully saturated rings. The summed E-state index contributed by atoms with van der Waals surface area (Å²) in [5, 5.41) is 9.95. The van der Waals surface area contributed by atoms with Gasteiger partial charge in [0.05, 0.1) is 7.45 Å². The summed E-state index contributed by atoms with van der Waals surface area (Å²) < 4.78 is 7.88. The molecule has 0 aromatic heterocycles. The Bertz CT molecular complexity index is 222. The molecule has 0 aromatic carbocycles. The van der Waals surface area contributed by atoms with Crippen molar-refractivity contribution < 1.29 is 6.48 Å². The summed E-state index contributed by atoms with van der Waals surface area (Å²) in [6, 6.07) is 0. The van der Waals surface area contributed by atoms with Crippen molar-refractivity contribution in [1.29, 1.82) is 0 Å². The number of hydrogen-bond acceptors (Lipinski definition) is 1. The Kier molecular flexibility index (Phi) is 1.07. The summed E-state index contributed by atoms with van der Waals surface area (Å²) in [6.07, 6.45) is 1.73. The van der Waals surface area contributed by atoms with Crippen LogP contribution >= 0.6 is 0 Å². The van der Waals surface area contributed by atoms with E-state index in [0.717, 1.165) is 6.42 Å². The van der Waals surface area contributed by atoms with Gasteiger partial charge in [-0.15, -0.1) is 0 Å². The second-order valence-electron chi connectivity index (χ2n) is 4.94. The monoisotopic (exact) mass is 155 g/mol. The van der Waals surface area contributed by atoms with Gasteiger partial charge < -0.3 is 5.11 Å². The zero-order valence-electron chi connectivity index (χ0n) is 8.65. The molecule has 2 aliphatic carbocycles. The third kappa shape index (κ3) is 0.658. The molecule has 0 radical (unpaired) electrons. The second-order valence-corrected chi connectivity index (χ2v) is 4.94. The van der Waals surface area contributed by atoms with Crippen LogP contribution in [0.1, 0.15) is 41.4 Å². The normalized spacial score (nSPS) is 61.5. The Morgan fingerprint density at radius 1 is 1.45 bits per heavy atom. The zero-order valence-corrected chi connectivity index (χ0v) is 7.65. The van der Waals surface area contributed by atoms with Crippen LogP contribution < -0.4 is 0 Å². The molecule has 0 aromatic rings. The van der Waals surface area contributed by atoms with Crippen LogP contribution in [0.4, 0.5) is 0 Å². The van der Waals surface area contributed by atoms with Crippen molar-refractivity contribution in [2.75, 3.05) is 0 Å². The lowest BCUT2D eigenvalue weighted by Crippen LogP contribution is -2.35. The van der Waals surface area contributed by atoms with Crippen LogP contribution in [0.15, 0.2) is 0 Å². The fourth-order valence-electron chi connectivity index (χ4n) is 2.93. The predicted octanol–water partition coefficient (Wildman–Crippen LogP) is 2.19. The van der Waals surface area contributed by atoms with Crippen molar-refractivity contribution in [3.8, 4) is 0 Å². The molecule has 64 valence electrons. The highest BCUT2D eigenvalue weighted by atomic mass is 16.3. The Morgan fingerprint density at radius 3 is 2.27 bits per heavy atom. The lowest BCUT2D eigenvalue weighted by Gasteiger charge is -2.36. The lowest BCUT2D eigenvalue weighted by molar-refractivity contribution is 0.0126. The van der Waals surface area contributed by atoms with Gasteiger partial charge in [0.25, 0.3) is 0 Å².